The lowest BCUT2D eigenvalue weighted by Crippen LogP contribution is -2.30. The molecular weight excluding hydrogens is 412 g/mol. The molecule has 0 aliphatic rings. The molecule has 0 saturated carbocycles. The van der Waals surface area contributed by atoms with E-state index in [4.69, 9.17) is 16.0 Å². The number of hydrogen-bond donors (Lipinski definition) is 1. The summed E-state index contributed by atoms with van der Waals surface area (Å²) in [4.78, 5) is 16.5. The van der Waals surface area contributed by atoms with E-state index in [9.17, 15) is 13.2 Å². The molecule has 2 aromatic carbocycles. The Morgan fingerprint density at radius 2 is 1.79 bits per heavy atom. The SMILES string of the molecule is Cc1ccccc1-c1nc(CS(=O)(=O)CC(=O)NCc2ccccc2Cl)c(C)o1. The number of sulfone groups is 1. The average Bonchev–Trinajstić information content (AvgIpc) is 3.00. The molecule has 0 saturated heterocycles. The highest BCUT2D eigenvalue weighted by Gasteiger charge is 2.22. The Hall–Kier alpha value is -2.64. The van der Waals surface area contributed by atoms with Gasteiger partial charge in [0.1, 0.15) is 11.5 Å². The summed E-state index contributed by atoms with van der Waals surface area (Å²) < 4.78 is 30.6. The van der Waals surface area contributed by atoms with E-state index in [-0.39, 0.29) is 12.3 Å². The second-order valence-corrected chi connectivity index (χ2v) is 9.21. The molecule has 3 rings (SSSR count). The third-order valence-corrected chi connectivity index (χ3v) is 6.19. The third-order valence-electron chi connectivity index (χ3n) is 4.41. The first-order valence-electron chi connectivity index (χ1n) is 8.98. The predicted molar refractivity (Wildman–Crippen MR) is 112 cm³/mol. The van der Waals surface area contributed by atoms with E-state index in [0.29, 0.717) is 22.4 Å². The minimum Gasteiger partial charge on any atom is -0.441 e. The number of hydrogen-bond acceptors (Lipinski definition) is 5. The number of oxazole rings is 1. The number of carbonyl (C=O) groups is 1. The number of halogens is 1. The number of amides is 1. The van der Waals surface area contributed by atoms with Gasteiger partial charge < -0.3 is 9.73 Å². The Morgan fingerprint density at radius 1 is 1.10 bits per heavy atom. The third kappa shape index (κ3) is 5.46. The monoisotopic (exact) mass is 432 g/mol. The van der Waals surface area contributed by atoms with Crippen molar-refractivity contribution in [2.75, 3.05) is 5.75 Å². The van der Waals surface area contributed by atoms with Crippen LogP contribution in [0.5, 0.6) is 0 Å². The largest absolute Gasteiger partial charge is 0.441 e. The molecule has 0 radical (unpaired) electrons. The van der Waals surface area contributed by atoms with Gasteiger partial charge in [0.2, 0.25) is 11.8 Å². The highest BCUT2D eigenvalue weighted by molar-refractivity contribution is 7.91. The number of rotatable bonds is 7. The van der Waals surface area contributed by atoms with Crippen LogP contribution < -0.4 is 5.32 Å². The normalized spacial score (nSPS) is 11.4. The molecule has 0 aliphatic carbocycles. The van der Waals surface area contributed by atoms with Crippen LogP contribution in [0.25, 0.3) is 11.5 Å². The number of carbonyl (C=O) groups excluding carboxylic acids is 1. The van der Waals surface area contributed by atoms with E-state index >= 15 is 0 Å². The van der Waals surface area contributed by atoms with E-state index in [1.54, 1.807) is 31.2 Å². The van der Waals surface area contributed by atoms with Gasteiger partial charge in [0, 0.05) is 17.1 Å². The zero-order valence-corrected chi connectivity index (χ0v) is 17.7. The summed E-state index contributed by atoms with van der Waals surface area (Å²) in [6.07, 6.45) is 0. The van der Waals surface area contributed by atoms with Gasteiger partial charge in [0.15, 0.2) is 9.84 Å². The molecule has 0 aliphatic heterocycles. The molecule has 8 heteroatoms. The summed E-state index contributed by atoms with van der Waals surface area (Å²) in [7, 11) is -3.72. The predicted octanol–water partition coefficient (Wildman–Crippen LogP) is 3.84. The maximum atomic E-state index is 12.5. The van der Waals surface area contributed by atoms with Gasteiger partial charge in [0.05, 0.1) is 11.4 Å². The van der Waals surface area contributed by atoms with Gasteiger partial charge >= 0.3 is 0 Å². The molecular formula is C21H21ClN2O4S. The molecule has 0 fully saturated rings. The lowest BCUT2D eigenvalue weighted by atomic mass is 10.1. The fourth-order valence-corrected chi connectivity index (χ4v) is 4.33. The minimum absolute atomic E-state index is 0.161. The molecule has 1 heterocycles. The van der Waals surface area contributed by atoms with Crippen molar-refractivity contribution in [2.45, 2.75) is 26.1 Å². The second kappa shape index (κ2) is 8.80. The zero-order valence-electron chi connectivity index (χ0n) is 16.1. The van der Waals surface area contributed by atoms with Gasteiger partial charge in [-0.2, -0.15) is 0 Å². The Bertz CT molecular complexity index is 1140. The van der Waals surface area contributed by atoms with Crippen molar-refractivity contribution < 1.29 is 17.6 Å². The van der Waals surface area contributed by atoms with Gasteiger partial charge in [-0.25, -0.2) is 13.4 Å². The van der Waals surface area contributed by atoms with Crippen LogP contribution in [0.1, 0.15) is 22.6 Å². The number of aryl methyl sites for hydroxylation is 2. The van der Waals surface area contributed by atoms with Crippen molar-refractivity contribution in [1.29, 1.82) is 0 Å². The van der Waals surface area contributed by atoms with Crippen molar-refractivity contribution in [3.05, 3.63) is 76.1 Å². The molecule has 1 N–H and O–H groups in total. The van der Waals surface area contributed by atoms with Crippen molar-refractivity contribution >= 4 is 27.3 Å². The summed E-state index contributed by atoms with van der Waals surface area (Å²) in [6.45, 7) is 3.75. The lowest BCUT2D eigenvalue weighted by Gasteiger charge is -2.07. The van der Waals surface area contributed by atoms with E-state index in [1.165, 1.54) is 0 Å². The summed E-state index contributed by atoms with van der Waals surface area (Å²) >= 11 is 6.04. The first-order valence-corrected chi connectivity index (χ1v) is 11.2. The van der Waals surface area contributed by atoms with Crippen LogP contribution in [-0.2, 0) is 26.9 Å². The Kier molecular flexibility index (Phi) is 6.39. The summed E-state index contributed by atoms with van der Waals surface area (Å²) in [5, 5.41) is 3.10. The minimum atomic E-state index is -3.72. The molecule has 1 aromatic heterocycles. The van der Waals surface area contributed by atoms with Crippen LogP contribution in [0, 0.1) is 13.8 Å². The molecule has 3 aromatic rings. The van der Waals surface area contributed by atoms with Crippen molar-refractivity contribution in [1.82, 2.24) is 10.3 Å². The summed E-state index contributed by atoms with van der Waals surface area (Å²) in [6, 6.07) is 14.6. The molecule has 6 nitrogen and oxygen atoms in total. The molecule has 0 unspecified atom stereocenters. The fraction of sp³-hybridized carbons (Fsp3) is 0.238. The van der Waals surface area contributed by atoms with Crippen LogP contribution in [0.2, 0.25) is 5.02 Å². The van der Waals surface area contributed by atoms with Gasteiger partial charge in [-0.15, -0.1) is 0 Å². The van der Waals surface area contributed by atoms with Gasteiger partial charge in [-0.3, -0.25) is 4.79 Å². The molecule has 29 heavy (non-hydrogen) atoms. The molecule has 0 atom stereocenters. The van der Waals surface area contributed by atoms with Crippen molar-refractivity contribution in [3.63, 3.8) is 0 Å². The van der Waals surface area contributed by atoms with E-state index in [1.807, 2.05) is 31.2 Å². The van der Waals surface area contributed by atoms with Crippen LogP contribution in [0.15, 0.2) is 52.9 Å². The molecule has 0 spiro atoms. The Labute approximate surface area is 174 Å². The Balaban J connectivity index is 1.66. The van der Waals surface area contributed by atoms with E-state index < -0.39 is 21.5 Å². The van der Waals surface area contributed by atoms with Crippen LogP contribution in [-0.4, -0.2) is 25.1 Å². The molecule has 1 amide bonds. The lowest BCUT2D eigenvalue weighted by molar-refractivity contribution is -0.118. The topological polar surface area (TPSA) is 89.3 Å². The summed E-state index contributed by atoms with van der Waals surface area (Å²) in [5.74, 6) is -0.806. The highest BCUT2D eigenvalue weighted by atomic mass is 35.5. The van der Waals surface area contributed by atoms with Gasteiger partial charge in [-0.1, -0.05) is 48.0 Å². The first-order chi connectivity index (χ1) is 13.7. The van der Waals surface area contributed by atoms with Crippen LogP contribution >= 0.6 is 11.6 Å². The fourth-order valence-electron chi connectivity index (χ4n) is 2.84. The maximum Gasteiger partial charge on any atom is 0.235 e. The number of nitrogens with one attached hydrogen (secondary N) is 1. The standard InChI is InChI=1S/C21H21ClN2O4S/c1-14-7-3-5-9-17(14)21-24-19(15(2)28-21)12-29(26,27)13-20(25)23-11-16-8-4-6-10-18(16)22/h3-10H,11-13H2,1-2H3,(H,23,25). The highest BCUT2D eigenvalue weighted by Crippen LogP contribution is 2.25. The van der Waals surface area contributed by atoms with Crippen LogP contribution in [0.3, 0.4) is 0 Å². The molecule has 152 valence electrons. The first kappa shape index (κ1) is 21.1. The van der Waals surface area contributed by atoms with Gasteiger partial charge in [0.25, 0.3) is 0 Å². The number of nitrogens with zero attached hydrogens (tertiary/aromatic N) is 1. The van der Waals surface area contributed by atoms with E-state index in [0.717, 1.165) is 16.7 Å². The van der Waals surface area contributed by atoms with Crippen molar-refractivity contribution in [2.24, 2.45) is 0 Å². The van der Waals surface area contributed by atoms with Crippen molar-refractivity contribution in [3.8, 4) is 11.5 Å². The van der Waals surface area contributed by atoms with Crippen LogP contribution in [0.4, 0.5) is 0 Å². The van der Waals surface area contributed by atoms with Gasteiger partial charge in [-0.05, 0) is 37.1 Å². The maximum absolute atomic E-state index is 12.5. The average molecular weight is 433 g/mol. The smallest absolute Gasteiger partial charge is 0.235 e. The number of benzene rings is 2. The van der Waals surface area contributed by atoms with E-state index in [2.05, 4.69) is 10.3 Å². The Morgan fingerprint density at radius 3 is 2.52 bits per heavy atom. The molecule has 0 bridgehead atoms. The summed E-state index contributed by atoms with van der Waals surface area (Å²) in [5.41, 5.74) is 2.80. The number of aromatic nitrogens is 1. The second-order valence-electron chi connectivity index (χ2n) is 6.74. The quantitative estimate of drug-likeness (QED) is 0.612. The zero-order chi connectivity index (χ0) is 21.0.